The number of esters is 1. The van der Waals surface area contributed by atoms with Crippen molar-refractivity contribution in [2.24, 2.45) is 5.92 Å². The number of benzene rings is 2. The first-order valence-electron chi connectivity index (χ1n) is 11.7. The molecule has 0 aliphatic rings. The van der Waals surface area contributed by atoms with E-state index < -0.39 is 5.60 Å². The van der Waals surface area contributed by atoms with Gasteiger partial charge in [0.15, 0.2) is 11.5 Å². The molecule has 0 saturated heterocycles. The maximum absolute atomic E-state index is 13.1. The molecule has 2 rings (SSSR count). The van der Waals surface area contributed by atoms with E-state index in [0.29, 0.717) is 53.8 Å². The number of carbonyl (C=O) groups is 2. The summed E-state index contributed by atoms with van der Waals surface area (Å²) in [5.41, 5.74) is 1.33. The first kappa shape index (κ1) is 28.8. The summed E-state index contributed by atoms with van der Waals surface area (Å²) in [7, 11) is 3.18. The molecule has 2 aromatic rings. The standard InChI is InChI=1S/C27H35Cl2NO5/c1-27(2,3)35-25(31)8-6-7-20(16-19-10-11-21(28)17-22(19)29)26(32)30-14-13-18-9-12-23(33-4)24(15-18)34-5/h9-12,15,17,20H,6-8,13-14,16H2,1-5H3,(H,30,32). The van der Waals surface area contributed by atoms with Crippen LogP contribution in [0.3, 0.4) is 0 Å². The fraction of sp³-hybridized carbons (Fsp3) is 0.481. The van der Waals surface area contributed by atoms with Gasteiger partial charge in [-0.1, -0.05) is 35.3 Å². The molecule has 1 amide bonds. The highest BCUT2D eigenvalue weighted by atomic mass is 35.5. The largest absolute Gasteiger partial charge is 0.493 e. The van der Waals surface area contributed by atoms with Crippen LogP contribution in [0.4, 0.5) is 0 Å². The molecule has 1 atom stereocenters. The van der Waals surface area contributed by atoms with E-state index in [1.165, 1.54) is 0 Å². The maximum Gasteiger partial charge on any atom is 0.306 e. The van der Waals surface area contributed by atoms with E-state index in [1.54, 1.807) is 26.4 Å². The normalized spacial score (nSPS) is 12.1. The van der Waals surface area contributed by atoms with Crippen LogP contribution in [-0.4, -0.2) is 38.2 Å². The SMILES string of the molecule is COc1ccc(CCNC(=O)C(CCCC(=O)OC(C)(C)C)Cc2ccc(Cl)cc2Cl)cc1OC. The topological polar surface area (TPSA) is 73.9 Å². The number of amides is 1. The molecule has 2 aromatic carbocycles. The third kappa shape index (κ3) is 9.98. The van der Waals surface area contributed by atoms with E-state index in [2.05, 4.69) is 5.32 Å². The molecule has 0 aliphatic heterocycles. The second-order valence-corrected chi connectivity index (χ2v) is 10.2. The average Bonchev–Trinajstić information content (AvgIpc) is 2.78. The van der Waals surface area contributed by atoms with Crippen molar-refractivity contribution >= 4 is 35.1 Å². The molecular formula is C27H35Cl2NO5. The second kappa shape index (κ2) is 13.6. The molecule has 0 aliphatic carbocycles. The van der Waals surface area contributed by atoms with Crippen LogP contribution >= 0.6 is 23.2 Å². The molecule has 192 valence electrons. The molecule has 0 bridgehead atoms. The zero-order valence-corrected chi connectivity index (χ0v) is 22.6. The van der Waals surface area contributed by atoms with Crippen molar-refractivity contribution in [3.63, 3.8) is 0 Å². The molecule has 0 spiro atoms. The van der Waals surface area contributed by atoms with Gasteiger partial charge in [-0.15, -0.1) is 0 Å². The Hall–Kier alpha value is -2.44. The zero-order chi connectivity index (χ0) is 26.0. The van der Waals surface area contributed by atoms with Crippen molar-refractivity contribution in [3.8, 4) is 11.5 Å². The smallest absolute Gasteiger partial charge is 0.306 e. The summed E-state index contributed by atoms with van der Waals surface area (Å²) >= 11 is 12.4. The lowest BCUT2D eigenvalue weighted by Gasteiger charge is -2.20. The van der Waals surface area contributed by atoms with Gasteiger partial charge in [0.05, 0.1) is 14.2 Å². The number of hydrogen-bond donors (Lipinski definition) is 1. The van der Waals surface area contributed by atoms with E-state index >= 15 is 0 Å². The molecule has 0 saturated carbocycles. The van der Waals surface area contributed by atoms with Crippen LogP contribution in [0.15, 0.2) is 36.4 Å². The minimum Gasteiger partial charge on any atom is -0.493 e. The number of halogens is 2. The van der Waals surface area contributed by atoms with Crippen molar-refractivity contribution in [1.82, 2.24) is 5.32 Å². The van der Waals surface area contributed by atoms with Gasteiger partial charge in [0, 0.05) is 28.9 Å². The van der Waals surface area contributed by atoms with Gasteiger partial charge in [0.2, 0.25) is 5.91 Å². The van der Waals surface area contributed by atoms with Crippen molar-refractivity contribution in [3.05, 3.63) is 57.6 Å². The summed E-state index contributed by atoms with van der Waals surface area (Å²) in [6, 6.07) is 11.0. The number of ether oxygens (including phenoxy) is 3. The van der Waals surface area contributed by atoms with Gasteiger partial charge >= 0.3 is 5.97 Å². The van der Waals surface area contributed by atoms with Gasteiger partial charge in [0.1, 0.15) is 5.60 Å². The Morgan fingerprint density at radius 1 is 1.00 bits per heavy atom. The van der Waals surface area contributed by atoms with E-state index in [9.17, 15) is 9.59 Å². The van der Waals surface area contributed by atoms with Gasteiger partial charge in [-0.25, -0.2) is 0 Å². The first-order valence-corrected chi connectivity index (χ1v) is 12.4. The van der Waals surface area contributed by atoms with Crippen LogP contribution < -0.4 is 14.8 Å². The van der Waals surface area contributed by atoms with Crippen molar-refractivity contribution < 1.29 is 23.8 Å². The molecule has 1 N–H and O–H groups in total. The number of carbonyl (C=O) groups excluding carboxylic acids is 2. The van der Waals surface area contributed by atoms with Crippen molar-refractivity contribution in [1.29, 1.82) is 0 Å². The molecule has 1 unspecified atom stereocenters. The summed E-state index contributed by atoms with van der Waals surface area (Å²) in [6.07, 6.45) is 2.40. The van der Waals surface area contributed by atoms with Crippen LogP contribution in [0, 0.1) is 5.92 Å². The minimum absolute atomic E-state index is 0.0827. The van der Waals surface area contributed by atoms with Gasteiger partial charge in [-0.3, -0.25) is 9.59 Å². The van der Waals surface area contributed by atoms with Crippen LogP contribution in [0.1, 0.15) is 51.2 Å². The highest BCUT2D eigenvalue weighted by Gasteiger charge is 2.22. The Balaban J connectivity index is 2.01. The van der Waals surface area contributed by atoms with E-state index in [0.717, 1.165) is 11.1 Å². The van der Waals surface area contributed by atoms with Crippen LogP contribution in [0.2, 0.25) is 10.0 Å². The predicted octanol–water partition coefficient (Wildman–Crippen LogP) is 6.04. The molecule has 8 heteroatoms. The molecular weight excluding hydrogens is 489 g/mol. The van der Waals surface area contributed by atoms with Crippen LogP contribution in [0.25, 0.3) is 0 Å². The Kier molecular flexibility index (Phi) is 11.2. The quantitative estimate of drug-likeness (QED) is 0.343. The monoisotopic (exact) mass is 523 g/mol. The lowest BCUT2D eigenvalue weighted by atomic mass is 9.93. The number of methoxy groups -OCH3 is 2. The summed E-state index contributed by atoms with van der Waals surface area (Å²) in [4.78, 5) is 25.2. The van der Waals surface area contributed by atoms with Crippen LogP contribution in [-0.2, 0) is 27.2 Å². The summed E-state index contributed by atoms with van der Waals surface area (Å²) in [5.74, 6) is 0.607. The third-order valence-corrected chi connectivity index (χ3v) is 5.95. The molecule has 0 radical (unpaired) electrons. The predicted molar refractivity (Wildman–Crippen MR) is 140 cm³/mol. The first-order chi connectivity index (χ1) is 16.5. The maximum atomic E-state index is 13.1. The third-order valence-electron chi connectivity index (χ3n) is 5.37. The molecule has 6 nitrogen and oxygen atoms in total. The lowest BCUT2D eigenvalue weighted by Crippen LogP contribution is -2.33. The van der Waals surface area contributed by atoms with Crippen molar-refractivity contribution in [2.45, 2.75) is 58.5 Å². The van der Waals surface area contributed by atoms with Crippen LogP contribution in [0.5, 0.6) is 11.5 Å². The highest BCUT2D eigenvalue weighted by molar-refractivity contribution is 6.35. The highest BCUT2D eigenvalue weighted by Crippen LogP contribution is 2.28. The Labute approximate surface area is 218 Å². The average molecular weight is 524 g/mol. The summed E-state index contributed by atoms with van der Waals surface area (Å²) in [6.45, 7) is 5.97. The second-order valence-electron chi connectivity index (χ2n) is 9.35. The zero-order valence-electron chi connectivity index (χ0n) is 21.1. The van der Waals surface area contributed by atoms with Gasteiger partial charge in [-0.2, -0.15) is 0 Å². The van der Waals surface area contributed by atoms with E-state index in [4.69, 9.17) is 37.4 Å². The molecule has 0 fully saturated rings. The van der Waals surface area contributed by atoms with E-state index in [1.807, 2.05) is 45.0 Å². The Morgan fingerprint density at radius 3 is 2.34 bits per heavy atom. The van der Waals surface area contributed by atoms with Crippen molar-refractivity contribution in [2.75, 3.05) is 20.8 Å². The lowest BCUT2D eigenvalue weighted by molar-refractivity contribution is -0.155. The molecule has 0 heterocycles. The fourth-order valence-corrected chi connectivity index (χ4v) is 4.16. The molecule has 0 aromatic heterocycles. The Morgan fingerprint density at radius 2 is 1.71 bits per heavy atom. The number of hydrogen-bond acceptors (Lipinski definition) is 5. The van der Waals surface area contributed by atoms with Gasteiger partial charge < -0.3 is 19.5 Å². The fourth-order valence-electron chi connectivity index (χ4n) is 3.67. The van der Waals surface area contributed by atoms with Gasteiger partial charge in [0.25, 0.3) is 0 Å². The summed E-state index contributed by atoms with van der Waals surface area (Å²) in [5, 5.41) is 4.09. The Bertz CT molecular complexity index is 1000. The molecule has 35 heavy (non-hydrogen) atoms. The minimum atomic E-state index is -0.533. The van der Waals surface area contributed by atoms with E-state index in [-0.39, 0.29) is 24.2 Å². The summed E-state index contributed by atoms with van der Waals surface area (Å²) < 4.78 is 16.0. The van der Waals surface area contributed by atoms with Gasteiger partial charge in [-0.05, 0) is 81.8 Å². The number of nitrogens with one attached hydrogen (secondary N) is 1. The number of rotatable bonds is 12.